The fraction of sp³-hybridized carbons (Fsp3) is 0.667. The number of aliphatic hydroxyl groups excluding tert-OH is 1. The van der Waals surface area contributed by atoms with Crippen LogP contribution in [-0.2, 0) is 0 Å². The summed E-state index contributed by atoms with van der Waals surface area (Å²) in [5.74, 6) is 1.66. The maximum atomic E-state index is 9.29. The summed E-state index contributed by atoms with van der Waals surface area (Å²) in [5, 5.41) is 9.29. The zero-order chi connectivity index (χ0) is 14.1. The SMILES string of the molecule is CCCOc1cccnc1N(CCO)C(CC)CC. The molecule has 0 spiro atoms. The molecule has 0 saturated heterocycles. The highest BCUT2D eigenvalue weighted by atomic mass is 16.5. The second kappa shape index (κ2) is 8.75. The summed E-state index contributed by atoms with van der Waals surface area (Å²) >= 11 is 0. The molecule has 0 bridgehead atoms. The van der Waals surface area contributed by atoms with E-state index in [0.717, 1.165) is 30.8 Å². The van der Waals surface area contributed by atoms with Crippen molar-refractivity contribution in [2.75, 3.05) is 24.7 Å². The molecule has 1 N–H and O–H groups in total. The lowest BCUT2D eigenvalue weighted by molar-refractivity contribution is 0.291. The Bertz CT molecular complexity index is 354. The molecule has 108 valence electrons. The first-order chi connectivity index (χ1) is 9.28. The van der Waals surface area contributed by atoms with Gasteiger partial charge in [0, 0.05) is 18.8 Å². The third-order valence-corrected chi connectivity index (χ3v) is 3.21. The van der Waals surface area contributed by atoms with Crippen LogP contribution in [-0.4, -0.2) is 35.9 Å². The molecule has 0 aliphatic rings. The van der Waals surface area contributed by atoms with Gasteiger partial charge in [0.15, 0.2) is 11.6 Å². The van der Waals surface area contributed by atoms with Crippen molar-refractivity contribution in [2.45, 2.75) is 46.1 Å². The van der Waals surface area contributed by atoms with Crippen LogP contribution in [0, 0.1) is 0 Å². The zero-order valence-electron chi connectivity index (χ0n) is 12.3. The van der Waals surface area contributed by atoms with Gasteiger partial charge in [0.25, 0.3) is 0 Å². The van der Waals surface area contributed by atoms with Crippen LogP contribution in [0.15, 0.2) is 18.3 Å². The number of nitrogens with zero attached hydrogens (tertiary/aromatic N) is 2. The van der Waals surface area contributed by atoms with Crippen molar-refractivity contribution in [3.05, 3.63) is 18.3 Å². The molecule has 1 rings (SSSR count). The van der Waals surface area contributed by atoms with Gasteiger partial charge in [-0.1, -0.05) is 20.8 Å². The molecule has 0 fully saturated rings. The molecule has 4 nitrogen and oxygen atoms in total. The summed E-state index contributed by atoms with van der Waals surface area (Å²) in [7, 11) is 0. The highest BCUT2D eigenvalue weighted by Gasteiger charge is 2.19. The molecule has 19 heavy (non-hydrogen) atoms. The van der Waals surface area contributed by atoms with E-state index in [1.165, 1.54) is 0 Å². The number of hydrogen-bond acceptors (Lipinski definition) is 4. The molecule has 0 radical (unpaired) electrons. The summed E-state index contributed by atoms with van der Waals surface area (Å²) in [4.78, 5) is 6.61. The van der Waals surface area contributed by atoms with Crippen LogP contribution in [0.5, 0.6) is 5.75 Å². The number of aliphatic hydroxyl groups is 1. The number of ether oxygens (including phenoxy) is 1. The van der Waals surface area contributed by atoms with Crippen LogP contribution in [0.2, 0.25) is 0 Å². The molecule has 0 amide bonds. The van der Waals surface area contributed by atoms with Crippen molar-refractivity contribution in [3.8, 4) is 5.75 Å². The van der Waals surface area contributed by atoms with Gasteiger partial charge in [-0.15, -0.1) is 0 Å². The molecular formula is C15H26N2O2. The Morgan fingerprint density at radius 1 is 1.32 bits per heavy atom. The smallest absolute Gasteiger partial charge is 0.171 e. The highest BCUT2D eigenvalue weighted by Crippen LogP contribution is 2.28. The van der Waals surface area contributed by atoms with Crippen LogP contribution in [0.4, 0.5) is 5.82 Å². The number of anilines is 1. The van der Waals surface area contributed by atoms with Crippen LogP contribution in [0.25, 0.3) is 0 Å². The molecule has 0 aliphatic heterocycles. The second-order valence-corrected chi connectivity index (χ2v) is 4.56. The van der Waals surface area contributed by atoms with Gasteiger partial charge in [0.05, 0.1) is 13.2 Å². The van der Waals surface area contributed by atoms with E-state index in [-0.39, 0.29) is 6.61 Å². The minimum Gasteiger partial charge on any atom is -0.490 e. The molecule has 0 aliphatic carbocycles. The average molecular weight is 266 g/mol. The van der Waals surface area contributed by atoms with Gasteiger partial charge in [0.2, 0.25) is 0 Å². The highest BCUT2D eigenvalue weighted by molar-refractivity contribution is 5.52. The van der Waals surface area contributed by atoms with E-state index in [2.05, 4.69) is 30.7 Å². The monoisotopic (exact) mass is 266 g/mol. The Labute approximate surface area is 116 Å². The van der Waals surface area contributed by atoms with Crippen molar-refractivity contribution in [2.24, 2.45) is 0 Å². The Morgan fingerprint density at radius 3 is 2.63 bits per heavy atom. The predicted molar refractivity (Wildman–Crippen MR) is 78.8 cm³/mol. The van der Waals surface area contributed by atoms with Gasteiger partial charge < -0.3 is 14.7 Å². The van der Waals surface area contributed by atoms with Crippen molar-refractivity contribution >= 4 is 5.82 Å². The first-order valence-corrected chi connectivity index (χ1v) is 7.23. The Balaban J connectivity index is 2.99. The minimum atomic E-state index is 0.125. The largest absolute Gasteiger partial charge is 0.490 e. The van der Waals surface area contributed by atoms with Crippen molar-refractivity contribution in [1.82, 2.24) is 4.98 Å². The normalized spacial score (nSPS) is 10.8. The van der Waals surface area contributed by atoms with Gasteiger partial charge in [0.1, 0.15) is 0 Å². The zero-order valence-corrected chi connectivity index (χ0v) is 12.3. The molecule has 4 heteroatoms. The van der Waals surface area contributed by atoms with Gasteiger partial charge >= 0.3 is 0 Å². The summed E-state index contributed by atoms with van der Waals surface area (Å²) < 4.78 is 5.77. The number of aromatic nitrogens is 1. The maximum absolute atomic E-state index is 9.29. The third-order valence-electron chi connectivity index (χ3n) is 3.21. The summed E-state index contributed by atoms with van der Waals surface area (Å²) in [6.45, 7) is 7.81. The fourth-order valence-corrected chi connectivity index (χ4v) is 2.22. The van der Waals surface area contributed by atoms with Gasteiger partial charge in [-0.25, -0.2) is 4.98 Å². The molecule has 0 saturated carbocycles. The molecule has 1 heterocycles. The van der Waals surface area contributed by atoms with E-state index in [0.29, 0.717) is 19.2 Å². The van der Waals surface area contributed by atoms with E-state index in [1.807, 2.05) is 12.1 Å². The first-order valence-electron chi connectivity index (χ1n) is 7.23. The summed E-state index contributed by atoms with van der Waals surface area (Å²) in [6.07, 6.45) is 4.81. The lowest BCUT2D eigenvalue weighted by Crippen LogP contribution is -2.37. The van der Waals surface area contributed by atoms with Gasteiger partial charge in [-0.2, -0.15) is 0 Å². The fourth-order valence-electron chi connectivity index (χ4n) is 2.22. The molecule has 0 atom stereocenters. The molecule has 0 unspecified atom stereocenters. The van der Waals surface area contributed by atoms with Crippen molar-refractivity contribution in [3.63, 3.8) is 0 Å². The molecule has 1 aromatic rings. The van der Waals surface area contributed by atoms with Crippen LogP contribution in [0.3, 0.4) is 0 Å². The van der Waals surface area contributed by atoms with Gasteiger partial charge in [-0.3, -0.25) is 0 Å². The Hall–Kier alpha value is -1.29. The molecule has 1 aromatic heterocycles. The Kier molecular flexibility index (Phi) is 7.26. The molecule has 0 aromatic carbocycles. The quantitative estimate of drug-likeness (QED) is 0.746. The standard InChI is InChI=1S/C15H26N2O2/c1-4-12-19-14-8-7-9-16-15(14)17(10-11-18)13(5-2)6-3/h7-9,13,18H,4-6,10-12H2,1-3H3. The van der Waals surface area contributed by atoms with E-state index in [1.54, 1.807) is 6.20 Å². The van der Waals surface area contributed by atoms with E-state index in [4.69, 9.17) is 4.74 Å². The van der Waals surface area contributed by atoms with Crippen LogP contribution >= 0.6 is 0 Å². The van der Waals surface area contributed by atoms with Crippen LogP contribution in [0.1, 0.15) is 40.0 Å². The lowest BCUT2D eigenvalue weighted by Gasteiger charge is -2.32. The van der Waals surface area contributed by atoms with E-state index >= 15 is 0 Å². The van der Waals surface area contributed by atoms with Gasteiger partial charge in [-0.05, 0) is 31.4 Å². The third kappa shape index (κ3) is 4.39. The number of rotatable bonds is 9. The van der Waals surface area contributed by atoms with E-state index < -0.39 is 0 Å². The predicted octanol–water partition coefficient (Wildman–Crippen LogP) is 2.86. The van der Waals surface area contributed by atoms with Crippen molar-refractivity contribution in [1.29, 1.82) is 0 Å². The van der Waals surface area contributed by atoms with Crippen molar-refractivity contribution < 1.29 is 9.84 Å². The maximum Gasteiger partial charge on any atom is 0.171 e. The number of hydrogen-bond donors (Lipinski definition) is 1. The minimum absolute atomic E-state index is 0.125. The summed E-state index contributed by atoms with van der Waals surface area (Å²) in [6, 6.07) is 4.22. The topological polar surface area (TPSA) is 45.6 Å². The summed E-state index contributed by atoms with van der Waals surface area (Å²) in [5.41, 5.74) is 0. The molecular weight excluding hydrogens is 240 g/mol. The number of pyridine rings is 1. The lowest BCUT2D eigenvalue weighted by atomic mass is 10.1. The van der Waals surface area contributed by atoms with Crippen LogP contribution < -0.4 is 9.64 Å². The van der Waals surface area contributed by atoms with E-state index in [9.17, 15) is 5.11 Å². The second-order valence-electron chi connectivity index (χ2n) is 4.56. The Morgan fingerprint density at radius 2 is 2.05 bits per heavy atom. The first kappa shape index (κ1) is 15.8. The average Bonchev–Trinajstić information content (AvgIpc) is 2.46.